The summed E-state index contributed by atoms with van der Waals surface area (Å²) in [4.78, 5) is 22.2. The number of hydrogen-bond acceptors (Lipinski definition) is 3. The van der Waals surface area contributed by atoms with Crippen LogP contribution in [0, 0.1) is 5.92 Å². The Labute approximate surface area is 111 Å². The molecule has 0 unspecified atom stereocenters. The minimum atomic E-state index is -1.89. The highest BCUT2D eigenvalue weighted by Crippen LogP contribution is 2.39. The summed E-state index contributed by atoms with van der Waals surface area (Å²) in [6.45, 7) is 10.9. The van der Waals surface area contributed by atoms with Gasteiger partial charge in [0, 0.05) is 5.57 Å². The van der Waals surface area contributed by atoms with E-state index >= 15 is 0 Å². The number of carbonyl (C=O) groups excluding carboxylic acids is 2. The number of allylic oxidation sites excluding steroid dienone is 1. The van der Waals surface area contributed by atoms with E-state index in [0.29, 0.717) is 5.57 Å². The Hall–Kier alpha value is -0.743. The summed E-state index contributed by atoms with van der Waals surface area (Å²) in [5.74, 6) is -0.384. The van der Waals surface area contributed by atoms with Crippen molar-refractivity contribution in [1.29, 1.82) is 0 Å². The van der Waals surface area contributed by atoms with Gasteiger partial charge >= 0.3 is 0 Å². The quantitative estimate of drug-likeness (QED) is 0.581. The van der Waals surface area contributed by atoms with Gasteiger partial charge in [0.1, 0.15) is 12.6 Å². The topological polar surface area (TPSA) is 43.4 Å². The maximum Gasteiger partial charge on any atom is 0.192 e. The van der Waals surface area contributed by atoms with E-state index in [2.05, 4.69) is 33.9 Å². The van der Waals surface area contributed by atoms with Crippen molar-refractivity contribution in [3.8, 4) is 0 Å². The van der Waals surface area contributed by atoms with Crippen LogP contribution in [0.5, 0.6) is 0 Å². The van der Waals surface area contributed by atoms with Crippen molar-refractivity contribution >= 4 is 20.9 Å². The lowest BCUT2D eigenvalue weighted by atomic mass is 9.87. The lowest BCUT2D eigenvalue weighted by Crippen LogP contribution is -2.47. The zero-order valence-electron chi connectivity index (χ0n) is 12.0. The van der Waals surface area contributed by atoms with Gasteiger partial charge < -0.3 is 9.22 Å². The first kappa shape index (κ1) is 15.3. The van der Waals surface area contributed by atoms with Crippen LogP contribution in [0.15, 0.2) is 11.6 Å². The molecule has 1 aliphatic rings. The van der Waals surface area contributed by atoms with Crippen molar-refractivity contribution in [3.63, 3.8) is 0 Å². The molecule has 0 spiro atoms. The fraction of sp³-hybridized carbons (Fsp3) is 0.714. The molecule has 102 valence electrons. The second kappa shape index (κ2) is 5.49. The zero-order chi connectivity index (χ0) is 14.0. The molecule has 1 rings (SSSR count). The Balaban J connectivity index is 2.88. The molecule has 0 amide bonds. The highest BCUT2D eigenvalue weighted by molar-refractivity contribution is 6.74. The van der Waals surface area contributed by atoms with E-state index in [1.807, 2.05) is 6.08 Å². The fourth-order valence-electron chi connectivity index (χ4n) is 1.92. The molecular weight excluding hydrogens is 244 g/mol. The van der Waals surface area contributed by atoms with Gasteiger partial charge in [0.25, 0.3) is 0 Å². The summed E-state index contributed by atoms with van der Waals surface area (Å²) in [5, 5.41) is 0.114. The summed E-state index contributed by atoms with van der Waals surface area (Å²) in [7, 11) is -1.89. The average molecular weight is 268 g/mol. The summed E-state index contributed by atoms with van der Waals surface area (Å²) in [5.41, 5.74) is 0.583. The first-order chi connectivity index (χ1) is 8.23. The molecule has 0 saturated heterocycles. The van der Waals surface area contributed by atoms with E-state index in [1.165, 1.54) is 0 Å². The van der Waals surface area contributed by atoms with Crippen molar-refractivity contribution < 1.29 is 14.0 Å². The van der Waals surface area contributed by atoms with Crippen molar-refractivity contribution in [2.24, 2.45) is 5.92 Å². The van der Waals surface area contributed by atoms with Crippen LogP contribution in [0.2, 0.25) is 18.1 Å². The van der Waals surface area contributed by atoms with E-state index in [1.54, 1.807) is 0 Å². The molecule has 0 aliphatic heterocycles. The predicted molar refractivity (Wildman–Crippen MR) is 75.0 cm³/mol. The van der Waals surface area contributed by atoms with Gasteiger partial charge in [-0.25, -0.2) is 0 Å². The Morgan fingerprint density at radius 3 is 2.39 bits per heavy atom. The molecule has 4 heteroatoms. The van der Waals surface area contributed by atoms with Gasteiger partial charge in [-0.1, -0.05) is 26.8 Å². The highest BCUT2D eigenvalue weighted by Gasteiger charge is 2.41. The zero-order valence-corrected chi connectivity index (χ0v) is 13.0. The van der Waals surface area contributed by atoms with Crippen LogP contribution in [0.3, 0.4) is 0 Å². The van der Waals surface area contributed by atoms with Gasteiger partial charge in [0.05, 0.1) is 12.0 Å². The van der Waals surface area contributed by atoms with Crippen molar-refractivity contribution in [2.45, 2.75) is 57.8 Å². The molecule has 1 aliphatic carbocycles. The lowest BCUT2D eigenvalue weighted by molar-refractivity contribution is -0.115. The molecule has 0 fully saturated rings. The number of carbonyl (C=O) groups is 2. The first-order valence-electron chi connectivity index (χ1n) is 6.51. The number of rotatable bonds is 4. The molecule has 2 atom stereocenters. The summed E-state index contributed by atoms with van der Waals surface area (Å²) >= 11 is 0. The number of aldehydes is 2. The van der Waals surface area contributed by atoms with Crippen LogP contribution < -0.4 is 0 Å². The third kappa shape index (κ3) is 3.17. The largest absolute Gasteiger partial charge is 0.413 e. The molecule has 0 saturated carbocycles. The fourth-order valence-corrected chi connectivity index (χ4v) is 3.30. The molecular formula is C14H24O3Si. The molecule has 3 nitrogen and oxygen atoms in total. The van der Waals surface area contributed by atoms with Crippen LogP contribution in [0.1, 0.15) is 33.6 Å². The SMILES string of the molecule is CC(C)(C)[Si](C)(C)O[C@H]1CCC=C(C=O)[C@@H]1C=O. The smallest absolute Gasteiger partial charge is 0.192 e. The minimum Gasteiger partial charge on any atom is -0.413 e. The Bertz CT molecular complexity index is 353. The Morgan fingerprint density at radius 2 is 1.94 bits per heavy atom. The van der Waals surface area contributed by atoms with Gasteiger partial charge in [-0.05, 0) is 31.0 Å². The van der Waals surface area contributed by atoms with Crippen molar-refractivity contribution in [1.82, 2.24) is 0 Å². The van der Waals surface area contributed by atoms with Gasteiger partial charge in [-0.15, -0.1) is 0 Å². The third-order valence-corrected chi connectivity index (χ3v) is 8.66. The molecule has 0 aromatic rings. The van der Waals surface area contributed by atoms with Gasteiger partial charge in [0.15, 0.2) is 8.32 Å². The van der Waals surface area contributed by atoms with E-state index in [9.17, 15) is 9.59 Å². The van der Waals surface area contributed by atoms with Gasteiger partial charge in [0.2, 0.25) is 0 Å². The van der Waals surface area contributed by atoms with Gasteiger partial charge in [-0.2, -0.15) is 0 Å². The molecule has 0 heterocycles. The van der Waals surface area contributed by atoms with E-state index in [0.717, 1.165) is 25.4 Å². The lowest BCUT2D eigenvalue weighted by Gasteiger charge is -2.41. The van der Waals surface area contributed by atoms with Crippen molar-refractivity contribution in [2.75, 3.05) is 0 Å². The molecule has 0 bridgehead atoms. The second-order valence-electron chi connectivity index (χ2n) is 6.48. The summed E-state index contributed by atoms with van der Waals surface area (Å²) in [6, 6.07) is 0. The monoisotopic (exact) mass is 268 g/mol. The van der Waals surface area contributed by atoms with Crippen LogP contribution in [0.4, 0.5) is 0 Å². The van der Waals surface area contributed by atoms with Crippen LogP contribution in [0.25, 0.3) is 0 Å². The van der Waals surface area contributed by atoms with Gasteiger partial charge in [-0.3, -0.25) is 4.79 Å². The standard InChI is InChI=1S/C14H24O3Si/c1-14(2,3)18(4,5)17-13-8-6-7-11(9-15)12(13)10-16/h7,9-10,12-13H,6,8H2,1-5H3/t12-,13-/m0/s1. The normalized spacial score (nSPS) is 25.5. The van der Waals surface area contributed by atoms with Crippen molar-refractivity contribution in [3.05, 3.63) is 11.6 Å². The predicted octanol–water partition coefficient (Wildman–Crippen LogP) is 3.11. The van der Waals surface area contributed by atoms with Crippen LogP contribution in [-0.4, -0.2) is 27.0 Å². The molecule has 0 aromatic carbocycles. The molecule has 18 heavy (non-hydrogen) atoms. The second-order valence-corrected chi connectivity index (χ2v) is 11.2. The minimum absolute atomic E-state index is 0.114. The Morgan fingerprint density at radius 1 is 1.33 bits per heavy atom. The van der Waals surface area contributed by atoms with E-state index in [4.69, 9.17) is 4.43 Å². The molecule has 0 radical (unpaired) electrons. The summed E-state index contributed by atoms with van der Waals surface area (Å²) in [6.07, 6.45) is 5.02. The maximum absolute atomic E-state index is 11.2. The van der Waals surface area contributed by atoms with E-state index < -0.39 is 8.32 Å². The Kier molecular flexibility index (Phi) is 4.67. The van der Waals surface area contributed by atoms with E-state index in [-0.39, 0.29) is 17.1 Å². The first-order valence-corrected chi connectivity index (χ1v) is 9.42. The third-order valence-electron chi connectivity index (χ3n) is 4.15. The maximum atomic E-state index is 11.2. The molecule has 0 aromatic heterocycles. The molecule has 0 N–H and O–H groups in total. The average Bonchev–Trinajstić information content (AvgIpc) is 2.26. The van der Waals surface area contributed by atoms with Crippen LogP contribution >= 0.6 is 0 Å². The summed E-state index contributed by atoms with van der Waals surface area (Å²) < 4.78 is 6.29. The highest BCUT2D eigenvalue weighted by atomic mass is 28.4. The number of hydrogen-bond donors (Lipinski definition) is 0. The van der Waals surface area contributed by atoms with Crippen LogP contribution in [-0.2, 0) is 14.0 Å².